The SMILES string of the molecule is CC(=O)OCCCCCC(=O)c1ccccc1. The highest BCUT2D eigenvalue weighted by molar-refractivity contribution is 5.95. The summed E-state index contributed by atoms with van der Waals surface area (Å²) in [6.45, 7) is 1.85. The summed E-state index contributed by atoms with van der Waals surface area (Å²) < 4.78 is 4.81. The number of unbranched alkanes of at least 4 members (excludes halogenated alkanes) is 2. The van der Waals surface area contributed by atoms with Gasteiger partial charge in [0.05, 0.1) is 6.61 Å². The maximum absolute atomic E-state index is 11.7. The third-order valence-corrected chi connectivity index (χ3v) is 2.45. The lowest BCUT2D eigenvalue weighted by atomic mass is 10.1. The summed E-state index contributed by atoms with van der Waals surface area (Å²) >= 11 is 0. The number of ether oxygens (including phenoxy) is 1. The third-order valence-electron chi connectivity index (χ3n) is 2.45. The van der Waals surface area contributed by atoms with Crippen LogP contribution in [0, 0.1) is 0 Å². The standard InChI is InChI=1S/C14H18O3/c1-12(15)17-11-7-3-6-10-14(16)13-8-4-2-5-9-13/h2,4-5,8-9H,3,6-7,10-11H2,1H3. The van der Waals surface area contributed by atoms with Crippen molar-refractivity contribution >= 4 is 11.8 Å². The lowest BCUT2D eigenvalue weighted by Gasteiger charge is -2.02. The van der Waals surface area contributed by atoms with Gasteiger partial charge < -0.3 is 4.74 Å². The number of benzene rings is 1. The molecule has 0 saturated carbocycles. The van der Waals surface area contributed by atoms with Crippen molar-refractivity contribution < 1.29 is 14.3 Å². The van der Waals surface area contributed by atoms with Crippen molar-refractivity contribution in [1.29, 1.82) is 0 Å². The van der Waals surface area contributed by atoms with Gasteiger partial charge in [-0.15, -0.1) is 0 Å². The van der Waals surface area contributed by atoms with Crippen molar-refractivity contribution in [3.8, 4) is 0 Å². The molecule has 92 valence electrons. The zero-order valence-corrected chi connectivity index (χ0v) is 10.1. The van der Waals surface area contributed by atoms with Gasteiger partial charge in [-0.2, -0.15) is 0 Å². The van der Waals surface area contributed by atoms with Crippen LogP contribution in [0.1, 0.15) is 43.0 Å². The summed E-state index contributed by atoms with van der Waals surface area (Å²) in [5, 5.41) is 0. The van der Waals surface area contributed by atoms with E-state index in [1.54, 1.807) is 0 Å². The van der Waals surface area contributed by atoms with Gasteiger partial charge in [0.25, 0.3) is 0 Å². The topological polar surface area (TPSA) is 43.4 Å². The Kier molecular flexibility index (Phi) is 6.00. The second-order valence-electron chi connectivity index (χ2n) is 3.94. The van der Waals surface area contributed by atoms with Gasteiger partial charge in [-0.05, 0) is 19.3 Å². The van der Waals surface area contributed by atoms with E-state index >= 15 is 0 Å². The molecule has 0 aromatic heterocycles. The largest absolute Gasteiger partial charge is 0.466 e. The van der Waals surface area contributed by atoms with Crippen LogP contribution in [0.3, 0.4) is 0 Å². The first kappa shape index (κ1) is 13.4. The van der Waals surface area contributed by atoms with Gasteiger partial charge in [0, 0.05) is 18.9 Å². The van der Waals surface area contributed by atoms with E-state index in [9.17, 15) is 9.59 Å². The number of rotatable bonds is 7. The molecular formula is C14H18O3. The number of Topliss-reactive ketones (excluding diaryl/α,β-unsaturated/α-hetero) is 1. The molecule has 3 heteroatoms. The molecule has 0 atom stereocenters. The average Bonchev–Trinajstić information content (AvgIpc) is 2.34. The molecule has 0 aliphatic rings. The molecule has 0 fully saturated rings. The Morgan fingerprint density at radius 3 is 2.41 bits per heavy atom. The highest BCUT2D eigenvalue weighted by atomic mass is 16.5. The maximum Gasteiger partial charge on any atom is 0.302 e. The Morgan fingerprint density at radius 1 is 1.06 bits per heavy atom. The maximum atomic E-state index is 11.7. The van der Waals surface area contributed by atoms with Crippen LogP contribution in [0.5, 0.6) is 0 Å². The van der Waals surface area contributed by atoms with Gasteiger partial charge in [-0.25, -0.2) is 0 Å². The Hall–Kier alpha value is -1.64. The van der Waals surface area contributed by atoms with E-state index < -0.39 is 0 Å². The second kappa shape index (κ2) is 7.60. The molecule has 17 heavy (non-hydrogen) atoms. The number of ketones is 1. The van der Waals surface area contributed by atoms with Crippen LogP contribution in [0.15, 0.2) is 30.3 Å². The number of esters is 1. The van der Waals surface area contributed by atoms with E-state index in [1.165, 1.54) is 6.92 Å². The van der Waals surface area contributed by atoms with Crippen LogP contribution in [-0.2, 0) is 9.53 Å². The van der Waals surface area contributed by atoms with E-state index in [4.69, 9.17) is 4.74 Å². The minimum absolute atomic E-state index is 0.179. The van der Waals surface area contributed by atoms with Gasteiger partial charge in [-0.1, -0.05) is 30.3 Å². The molecular weight excluding hydrogens is 216 g/mol. The van der Waals surface area contributed by atoms with Crippen molar-refractivity contribution in [3.05, 3.63) is 35.9 Å². The van der Waals surface area contributed by atoms with Gasteiger partial charge in [0.2, 0.25) is 0 Å². The van der Waals surface area contributed by atoms with Crippen molar-refractivity contribution in [1.82, 2.24) is 0 Å². The summed E-state index contributed by atoms with van der Waals surface area (Å²) in [5.74, 6) is -0.0663. The van der Waals surface area contributed by atoms with E-state index in [-0.39, 0.29) is 11.8 Å². The molecule has 1 aromatic carbocycles. The van der Waals surface area contributed by atoms with Crippen molar-refractivity contribution in [2.45, 2.75) is 32.6 Å². The molecule has 0 N–H and O–H groups in total. The summed E-state index contributed by atoms with van der Waals surface area (Å²) in [5.41, 5.74) is 0.771. The minimum atomic E-state index is -0.245. The molecule has 0 aliphatic carbocycles. The van der Waals surface area contributed by atoms with Crippen LogP contribution in [0.25, 0.3) is 0 Å². The Labute approximate surface area is 102 Å². The molecule has 1 rings (SSSR count). The van der Waals surface area contributed by atoms with E-state index in [0.29, 0.717) is 13.0 Å². The Balaban J connectivity index is 2.11. The fourth-order valence-corrected chi connectivity index (χ4v) is 1.55. The van der Waals surface area contributed by atoms with E-state index in [0.717, 1.165) is 24.8 Å². The molecule has 0 amide bonds. The van der Waals surface area contributed by atoms with Crippen molar-refractivity contribution in [2.75, 3.05) is 6.61 Å². The predicted octanol–water partition coefficient (Wildman–Crippen LogP) is 2.99. The molecule has 0 radical (unpaired) electrons. The molecule has 0 aliphatic heterocycles. The van der Waals surface area contributed by atoms with Gasteiger partial charge in [0.1, 0.15) is 0 Å². The summed E-state index contributed by atoms with van der Waals surface area (Å²) in [4.78, 5) is 22.2. The first-order chi connectivity index (χ1) is 8.20. The van der Waals surface area contributed by atoms with Gasteiger partial charge >= 0.3 is 5.97 Å². The van der Waals surface area contributed by atoms with Crippen LogP contribution in [0.4, 0.5) is 0 Å². The quantitative estimate of drug-likeness (QED) is 0.414. The van der Waals surface area contributed by atoms with E-state index in [2.05, 4.69) is 0 Å². The van der Waals surface area contributed by atoms with Crippen LogP contribution in [-0.4, -0.2) is 18.4 Å². The third kappa shape index (κ3) is 5.85. The minimum Gasteiger partial charge on any atom is -0.466 e. The molecule has 0 saturated heterocycles. The summed E-state index contributed by atoms with van der Waals surface area (Å²) in [6, 6.07) is 9.31. The summed E-state index contributed by atoms with van der Waals surface area (Å²) in [6.07, 6.45) is 3.13. The molecule has 0 unspecified atom stereocenters. The predicted molar refractivity (Wildman–Crippen MR) is 65.9 cm³/mol. The Bertz CT molecular complexity index is 357. The molecule has 3 nitrogen and oxygen atoms in total. The highest BCUT2D eigenvalue weighted by Gasteiger charge is 2.04. The van der Waals surface area contributed by atoms with E-state index in [1.807, 2.05) is 30.3 Å². The smallest absolute Gasteiger partial charge is 0.302 e. The first-order valence-electron chi connectivity index (χ1n) is 5.92. The van der Waals surface area contributed by atoms with Crippen LogP contribution < -0.4 is 0 Å². The monoisotopic (exact) mass is 234 g/mol. The second-order valence-corrected chi connectivity index (χ2v) is 3.94. The number of hydrogen-bond donors (Lipinski definition) is 0. The molecule has 0 bridgehead atoms. The number of hydrogen-bond acceptors (Lipinski definition) is 3. The lowest BCUT2D eigenvalue weighted by molar-refractivity contribution is -0.141. The molecule has 1 aromatic rings. The van der Waals surface area contributed by atoms with Crippen LogP contribution in [0.2, 0.25) is 0 Å². The number of carbonyl (C=O) groups excluding carboxylic acids is 2. The average molecular weight is 234 g/mol. The van der Waals surface area contributed by atoms with Crippen LogP contribution >= 0.6 is 0 Å². The lowest BCUT2D eigenvalue weighted by Crippen LogP contribution is -2.01. The zero-order valence-electron chi connectivity index (χ0n) is 10.1. The van der Waals surface area contributed by atoms with Gasteiger partial charge in [-0.3, -0.25) is 9.59 Å². The normalized spacial score (nSPS) is 9.94. The fourth-order valence-electron chi connectivity index (χ4n) is 1.55. The zero-order chi connectivity index (χ0) is 12.5. The summed E-state index contributed by atoms with van der Waals surface area (Å²) in [7, 11) is 0. The fraction of sp³-hybridized carbons (Fsp3) is 0.429. The molecule has 0 spiro atoms. The first-order valence-corrected chi connectivity index (χ1v) is 5.92. The van der Waals surface area contributed by atoms with Gasteiger partial charge in [0.15, 0.2) is 5.78 Å². The van der Waals surface area contributed by atoms with Crippen molar-refractivity contribution in [2.24, 2.45) is 0 Å². The number of carbonyl (C=O) groups is 2. The van der Waals surface area contributed by atoms with Crippen molar-refractivity contribution in [3.63, 3.8) is 0 Å². The molecule has 0 heterocycles. The highest BCUT2D eigenvalue weighted by Crippen LogP contribution is 2.07. The Morgan fingerprint density at radius 2 is 1.76 bits per heavy atom.